The van der Waals surface area contributed by atoms with Gasteiger partial charge in [0.25, 0.3) is 0 Å². The highest BCUT2D eigenvalue weighted by Crippen LogP contribution is 2.24. The monoisotopic (exact) mass is 333 g/mol. The number of rotatable bonds is 3. The number of imidazole rings is 1. The molecule has 0 atom stereocenters. The van der Waals surface area contributed by atoms with Crippen LogP contribution in [0.15, 0.2) is 52.6 Å². The Morgan fingerprint density at radius 3 is 2.95 bits per heavy atom. The van der Waals surface area contributed by atoms with Crippen molar-refractivity contribution in [2.75, 3.05) is 5.73 Å². The summed E-state index contributed by atoms with van der Waals surface area (Å²) in [6.45, 7) is 0.761. The molecule has 0 spiro atoms. The Morgan fingerprint density at radius 2 is 2.21 bits per heavy atom. The second kappa shape index (κ2) is 5.19. The number of thiophene rings is 1. The first kappa shape index (κ1) is 12.4. The lowest BCUT2D eigenvalue weighted by Gasteiger charge is -2.08. The van der Waals surface area contributed by atoms with E-state index in [4.69, 9.17) is 5.73 Å². The molecule has 5 heteroatoms. The minimum absolute atomic E-state index is 0.761. The van der Waals surface area contributed by atoms with Crippen LogP contribution in [0, 0.1) is 0 Å². The fourth-order valence-corrected chi connectivity index (χ4v) is 3.33. The van der Waals surface area contributed by atoms with E-state index in [1.54, 1.807) is 11.3 Å². The molecule has 3 aromatic rings. The van der Waals surface area contributed by atoms with Crippen LogP contribution >= 0.6 is 27.3 Å². The topological polar surface area (TPSA) is 43.8 Å². The van der Waals surface area contributed by atoms with E-state index in [-0.39, 0.29) is 0 Å². The number of aromatic nitrogens is 2. The fourth-order valence-electron chi connectivity index (χ4n) is 2.03. The van der Waals surface area contributed by atoms with E-state index in [0.29, 0.717) is 0 Å². The van der Waals surface area contributed by atoms with Gasteiger partial charge < -0.3 is 10.3 Å². The van der Waals surface area contributed by atoms with Crippen molar-refractivity contribution in [3.63, 3.8) is 0 Å². The Labute approximate surface area is 123 Å². The van der Waals surface area contributed by atoms with Crippen LogP contribution in [-0.2, 0) is 6.54 Å². The Morgan fingerprint density at radius 1 is 1.32 bits per heavy atom. The van der Waals surface area contributed by atoms with Crippen molar-refractivity contribution in [1.82, 2.24) is 9.55 Å². The zero-order valence-corrected chi connectivity index (χ0v) is 12.5. The van der Waals surface area contributed by atoms with E-state index in [0.717, 1.165) is 28.1 Å². The molecule has 0 saturated heterocycles. The molecule has 0 aliphatic heterocycles. The van der Waals surface area contributed by atoms with Gasteiger partial charge in [-0.05, 0) is 35.2 Å². The molecular weight excluding hydrogens is 322 g/mol. The zero-order chi connectivity index (χ0) is 13.2. The summed E-state index contributed by atoms with van der Waals surface area (Å²) in [4.78, 5) is 5.60. The maximum atomic E-state index is 5.87. The maximum Gasteiger partial charge on any atom is 0.150 e. The Kier molecular flexibility index (Phi) is 3.40. The van der Waals surface area contributed by atoms with Crippen LogP contribution in [0.3, 0.4) is 0 Å². The van der Waals surface area contributed by atoms with Gasteiger partial charge in [0, 0.05) is 29.1 Å². The van der Waals surface area contributed by atoms with Crippen molar-refractivity contribution in [2.45, 2.75) is 6.54 Å². The van der Waals surface area contributed by atoms with E-state index in [1.807, 2.05) is 30.6 Å². The Balaban J connectivity index is 1.94. The molecule has 3 rings (SSSR count). The number of hydrogen-bond acceptors (Lipinski definition) is 3. The molecule has 0 bridgehead atoms. The zero-order valence-electron chi connectivity index (χ0n) is 10.1. The molecule has 96 valence electrons. The standard InChI is InChI=1S/C14H12BrN3S/c15-11-6-10(7-12(16)8-11)9-18-4-3-17-14(18)13-2-1-5-19-13/h1-8H,9,16H2. The second-order valence-corrected chi connectivity index (χ2v) is 6.11. The average Bonchev–Trinajstić information content (AvgIpc) is 2.96. The van der Waals surface area contributed by atoms with Crippen LogP contribution in [0.1, 0.15) is 5.56 Å². The minimum Gasteiger partial charge on any atom is -0.399 e. The van der Waals surface area contributed by atoms with Gasteiger partial charge in [-0.25, -0.2) is 4.98 Å². The van der Waals surface area contributed by atoms with Gasteiger partial charge >= 0.3 is 0 Å². The van der Waals surface area contributed by atoms with Crippen LogP contribution < -0.4 is 5.73 Å². The van der Waals surface area contributed by atoms with Gasteiger partial charge in [0.1, 0.15) is 5.82 Å². The van der Waals surface area contributed by atoms with E-state index in [1.165, 1.54) is 4.88 Å². The normalized spacial score (nSPS) is 10.8. The third-order valence-electron chi connectivity index (χ3n) is 2.79. The van der Waals surface area contributed by atoms with Gasteiger partial charge in [0.05, 0.1) is 4.88 Å². The molecule has 3 nitrogen and oxygen atoms in total. The number of hydrogen-bond donors (Lipinski definition) is 1. The van der Waals surface area contributed by atoms with Gasteiger partial charge in [0.15, 0.2) is 0 Å². The number of benzene rings is 1. The first-order valence-electron chi connectivity index (χ1n) is 5.82. The lowest BCUT2D eigenvalue weighted by Crippen LogP contribution is -2.01. The predicted octanol–water partition coefficient (Wildman–Crippen LogP) is 4.00. The summed E-state index contributed by atoms with van der Waals surface area (Å²) < 4.78 is 3.13. The molecule has 0 aliphatic rings. The molecule has 0 unspecified atom stereocenters. The molecule has 0 amide bonds. The van der Waals surface area contributed by atoms with Crippen LogP contribution in [0.5, 0.6) is 0 Å². The van der Waals surface area contributed by atoms with Crippen LogP contribution in [0.4, 0.5) is 5.69 Å². The summed E-state index contributed by atoms with van der Waals surface area (Å²) in [6, 6.07) is 10.1. The van der Waals surface area contributed by atoms with Crippen LogP contribution in [-0.4, -0.2) is 9.55 Å². The minimum atomic E-state index is 0.761. The van der Waals surface area contributed by atoms with Crippen LogP contribution in [0.25, 0.3) is 10.7 Å². The largest absolute Gasteiger partial charge is 0.399 e. The van der Waals surface area contributed by atoms with Crippen molar-refractivity contribution in [1.29, 1.82) is 0 Å². The third kappa shape index (κ3) is 2.72. The number of nitrogens with two attached hydrogens (primary N) is 1. The lowest BCUT2D eigenvalue weighted by molar-refractivity contribution is 0.808. The summed E-state index contributed by atoms with van der Waals surface area (Å²) in [5, 5.41) is 2.06. The first-order chi connectivity index (χ1) is 9.22. The number of nitrogen functional groups attached to an aromatic ring is 1. The summed E-state index contributed by atoms with van der Waals surface area (Å²) in [7, 11) is 0. The Bertz CT molecular complexity index is 668. The van der Waals surface area contributed by atoms with Crippen molar-refractivity contribution in [3.8, 4) is 10.7 Å². The molecule has 2 N–H and O–H groups in total. The third-order valence-corrected chi connectivity index (χ3v) is 4.11. The molecule has 0 radical (unpaired) electrons. The van der Waals surface area contributed by atoms with E-state index < -0.39 is 0 Å². The number of nitrogens with zero attached hydrogens (tertiary/aromatic N) is 2. The maximum absolute atomic E-state index is 5.87. The molecular formula is C14H12BrN3S. The van der Waals surface area contributed by atoms with Gasteiger partial charge in [-0.15, -0.1) is 11.3 Å². The van der Waals surface area contributed by atoms with Crippen LogP contribution in [0.2, 0.25) is 0 Å². The van der Waals surface area contributed by atoms with Crippen molar-refractivity contribution >= 4 is 33.0 Å². The van der Waals surface area contributed by atoms with Crippen molar-refractivity contribution < 1.29 is 0 Å². The first-order valence-corrected chi connectivity index (χ1v) is 7.49. The van der Waals surface area contributed by atoms with Gasteiger partial charge in [-0.2, -0.15) is 0 Å². The van der Waals surface area contributed by atoms with Gasteiger partial charge in [0.2, 0.25) is 0 Å². The summed E-state index contributed by atoms with van der Waals surface area (Å²) in [5.41, 5.74) is 7.79. The quantitative estimate of drug-likeness (QED) is 0.736. The highest BCUT2D eigenvalue weighted by Gasteiger charge is 2.07. The van der Waals surface area contributed by atoms with E-state index in [9.17, 15) is 0 Å². The summed E-state index contributed by atoms with van der Waals surface area (Å²) >= 11 is 5.17. The molecule has 1 aromatic carbocycles. The van der Waals surface area contributed by atoms with Gasteiger partial charge in [-0.1, -0.05) is 22.0 Å². The average molecular weight is 334 g/mol. The lowest BCUT2D eigenvalue weighted by atomic mass is 10.2. The smallest absolute Gasteiger partial charge is 0.150 e. The van der Waals surface area contributed by atoms with E-state index >= 15 is 0 Å². The highest BCUT2D eigenvalue weighted by atomic mass is 79.9. The number of halogens is 1. The molecule has 0 aliphatic carbocycles. The molecule has 0 saturated carbocycles. The molecule has 0 fully saturated rings. The fraction of sp³-hybridized carbons (Fsp3) is 0.0714. The highest BCUT2D eigenvalue weighted by molar-refractivity contribution is 9.10. The summed E-state index contributed by atoms with van der Waals surface area (Å²) in [6.07, 6.45) is 3.82. The van der Waals surface area contributed by atoms with Crippen molar-refractivity contribution in [2.24, 2.45) is 0 Å². The second-order valence-electron chi connectivity index (χ2n) is 4.25. The molecule has 2 aromatic heterocycles. The van der Waals surface area contributed by atoms with Crippen molar-refractivity contribution in [3.05, 3.63) is 58.1 Å². The SMILES string of the molecule is Nc1cc(Br)cc(Cn2ccnc2-c2cccs2)c1. The molecule has 2 heterocycles. The number of anilines is 1. The van der Waals surface area contributed by atoms with Gasteiger partial charge in [-0.3, -0.25) is 0 Å². The van der Waals surface area contributed by atoms with E-state index in [2.05, 4.69) is 43.0 Å². The summed E-state index contributed by atoms with van der Waals surface area (Å²) in [5.74, 6) is 0.994. The Hall–Kier alpha value is -1.59. The molecule has 19 heavy (non-hydrogen) atoms. The predicted molar refractivity (Wildman–Crippen MR) is 83.2 cm³/mol.